The zero-order valence-corrected chi connectivity index (χ0v) is 12.6. The van der Waals surface area contributed by atoms with Crippen molar-refractivity contribution < 1.29 is 18.0 Å². The number of nitrogens with zero attached hydrogens (tertiary/aromatic N) is 3. The number of anilines is 1. The van der Waals surface area contributed by atoms with E-state index in [1.54, 1.807) is 18.2 Å². The van der Waals surface area contributed by atoms with Crippen LogP contribution in [0.2, 0.25) is 0 Å². The van der Waals surface area contributed by atoms with Crippen LogP contribution in [0.5, 0.6) is 0 Å². The number of hydrogen-bond acceptors (Lipinski definition) is 4. The molecule has 6 nitrogen and oxygen atoms in total. The summed E-state index contributed by atoms with van der Waals surface area (Å²) in [6.07, 6.45) is -2.03. The zero-order valence-electron chi connectivity index (χ0n) is 12.6. The van der Waals surface area contributed by atoms with Crippen LogP contribution in [0.3, 0.4) is 0 Å². The average Bonchev–Trinajstić information content (AvgIpc) is 2.57. The highest BCUT2D eigenvalue weighted by atomic mass is 19.4. The zero-order chi connectivity index (χ0) is 18.0. The molecule has 0 aliphatic carbocycles. The molecule has 9 heteroatoms. The number of benzene rings is 1. The van der Waals surface area contributed by atoms with Gasteiger partial charge in [-0.25, -0.2) is 4.98 Å². The van der Waals surface area contributed by atoms with Crippen LogP contribution in [-0.2, 0) is 17.5 Å². The van der Waals surface area contributed by atoms with Gasteiger partial charge in [0, 0.05) is 6.20 Å². The fourth-order valence-corrected chi connectivity index (χ4v) is 2.31. The number of alkyl halides is 3. The minimum Gasteiger partial charge on any atom is -0.323 e. The fourth-order valence-electron chi connectivity index (χ4n) is 2.31. The van der Waals surface area contributed by atoms with Crippen molar-refractivity contribution in [3.8, 4) is 0 Å². The van der Waals surface area contributed by atoms with Crippen LogP contribution >= 0.6 is 0 Å². The summed E-state index contributed by atoms with van der Waals surface area (Å²) in [5.74, 6) is -0.653. The largest absolute Gasteiger partial charge is 0.438 e. The maximum absolute atomic E-state index is 13.1. The number of amides is 1. The molecule has 3 aromatic rings. The highest BCUT2D eigenvalue weighted by Crippen LogP contribution is 2.26. The molecule has 0 saturated heterocycles. The van der Waals surface area contributed by atoms with E-state index in [-0.39, 0.29) is 11.0 Å². The molecule has 0 bridgehead atoms. The smallest absolute Gasteiger partial charge is 0.323 e. The number of aromatic nitrogens is 3. The Kier molecular flexibility index (Phi) is 4.22. The Morgan fingerprint density at radius 1 is 1.16 bits per heavy atom. The van der Waals surface area contributed by atoms with Crippen LogP contribution < -0.4 is 10.9 Å². The first-order chi connectivity index (χ1) is 11.9. The van der Waals surface area contributed by atoms with Crippen molar-refractivity contribution in [2.45, 2.75) is 12.7 Å². The molecule has 0 aliphatic rings. The molecule has 2 heterocycles. The lowest BCUT2D eigenvalue weighted by atomic mass is 10.2. The van der Waals surface area contributed by atoms with Crippen molar-refractivity contribution in [1.29, 1.82) is 0 Å². The van der Waals surface area contributed by atoms with Crippen molar-refractivity contribution in [1.82, 2.24) is 14.5 Å². The maximum Gasteiger partial charge on any atom is 0.438 e. The van der Waals surface area contributed by atoms with Gasteiger partial charge in [0.2, 0.25) is 11.6 Å². The van der Waals surface area contributed by atoms with Gasteiger partial charge in [-0.3, -0.25) is 19.1 Å². The molecule has 1 N–H and O–H groups in total. The molecule has 25 heavy (non-hydrogen) atoms. The molecule has 0 atom stereocenters. The van der Waals surface area contributed by atoms with Crippen LogP contribution in [0.25, 0.3) is 11.0 Å². The normalized spacial score (nSPS) is 11.5. The summed E-state index contributed by atoms with van der Waals surface area (Å²) in [4.78, 5) is 31.6. The van der Waals surface area contributed by atoms with Gasteiger partial charge in [-0.15, -0.1) is 0 Å². The summed E-state index contributed by atoms with van der Waals surface area (Å²) >= 11 is 0. The Morgan fingerprint density at radius 2 is 1.92 bits per heavy atom. The molecular weight excluding hydrogens is 337 g/mol. The number of pyridine rings is 1. The van der Waals surface area contributed by atoms with Crippen LogP contribution in [0, 0.1) is 0 Å². The Bertz CT molecular complexity index is 984. The fraction of sp³-hybridized carbons (Fsp3) is 0.125. The number of nitrogens with one attached hydrogen (secondary N) is 1. The van der Waals surface area contributed by atoms with Crippen LogP contribution in [0.4, 0.5) is 18.9 Å². The second-order valence-electron chi connectivity index (χ2n) is 5.13. The van der Waals surface area contributed by atoms with Gasteiger partial charge in [0.15, 0.2) is 0 Å². The molecule has 0 unspecified atom stereocenters. The third-order valence-corrected chi connectivity index (χ3v) is 3.37. The minimum absolute atomic E-state index is 0.0244. The second kappa shape index (κ2) is 6.34. The number of para-hydroxylation sites is 2. The molecule has 3 rings (SSSR count). The molecule has 0 saturated carbocycles. The van der Waals surface area contributed by atoms with Gasteiger partial charge < -0.3 is 5.32 Å². The topological polar surface area (TPSA) is 76.9 Å². The molecule has 0 radical (unpaired) electrons. The van der Waals surface area contributed by atoms with Crippen molar-refractivity contribution in [3.05, 3.63) is 64.8 Å². The first-order valence-corrected chi connectivity index (χ1v) is 7.13. The molecule has 0 aliphatic heterocycles. The molecule has 2 aromatic heterocycles. The Labute approximate surface area is 139 Å². The van der Waals surface area contributed by atoms with Crippen LogP contribution in [-0.4, -0.2) is 20.4 Å². The van der Waals surface area contributed by atoms with E-state index in [1.165, 1.54) is 30.6 Å². The van der Waals surface area contributed by atoms with Gasteiger partial charge in [-0.1, -0.05) is 12.1 Å². The maximum atomic E-state index is 13.1. The van der Waals surface area contributed by atoms with Crippen LogP contribution in [0.15, 0.2) is 53.6 Å². The van der Waals surface area contributed by atoms with E-state index in [2.05, 4.69) is 15.3 Å². The van der Waals surface area contributed by atoms with Crippen molar-refractivity contribution >= 4 is 22.6 Å². The van der Waals surface area contributed by atoms with Gasteiger partial charge in [-0.05, 0) is 24.3 Å². The standard InChI is InChI=1S/C16H11F3N4O2/c17-16(18,19)14-15(25)23(12-6-2-1-5-11(12)22-14)9-13(24)21-10-4-3-7-20-8-10/h1-8H,9H2,(H,21,24). The summed E-state index contributed by atoms with van der Waals surface area (Å²) < 4.78 is 39.9. The van der Waals surface area contributed by atoms with E-state index >= 15 is 0 Å². The van der Waals surface area contributed by atoms with Gasteiger partial charge in [0.05, 0.1) is 22.9 Å². The molecular formula is C16H11F3N4O2. The lowest BCUT2D eigenvalue weighted by molar-refractivity contribution is -0.142. The molecule has 1 amide bonds. The second-order valence-corrected chi connectivity index (χ2v) is 5.13. The number of fused-ring (bicyclic) bond motifs is 1. The molecule has 1 aromatic carbocycles. The number of carbonyl (C=O) groups excluding carboxylic acids is 1. The van der Waals surface area contributed by atoms with E-state index in [0.717, 1.165) is 4.57 Å². The monoisotopic (exact) mass is 348 g/mol. The Hall–Kier alpha value is -3.23. The van der Waals surface area contributed by atoms with Crippen molar-refractivity contribution in [2.75, 3.05) is 5.32 Å². The van der Waals surface area contributed by atoms with E-state index in [1.807, 2.05) is 0 Å². The summed E-state index contributed by atoms with van der Waals surface area (Å²) in [5, 5.41) is 2.48. The molecule has 0 spiro atoms. The van der Waals surface area contributed by atoms with Crippen molar-refractivity contribution in [2.24, 2.45) is 0 Å². The summed E-state index contributed by atoms with van der Waals surface area (Å²) in [7, 11) is 0. The first kappa shape index (κ1) is 16.6. The summed E-state index contributed by atoms with van der Waals surface area (Å²) in [6, 6.07) is 8.98. The summed E-state index contributed by atoms with van der Waals surface area (Å²) in [6.45, 7) is -0.583. The summed E-state index contributed by atoms with van der Waals surface area (Å²) in [5.41, 5.74) is -2.44. The number of rotatable bonds is 3. The number of carbonyl (C=O) groups is 1. The van der Waals surface area contributed by atoms with Gasteiger partial charge in [0.25, 0.3) is 5.56 Å². The van der Waals surface area contributed by atoms with Crippen molar-refractivity contribution in [3.63, 3.8) is 0 Å². The van der Waals surface area contributed by atoms with Gasteiger partial charge in [-0.2, -0.15) is 13.2 Å². The number of hydrogen-bond donors (Lipinski definition) is 1. The van der Waals surface area contributed by atoms with E-state index < -0.39 is 29.9 Å². The van der Waals surface area contributed by atoms with Gasteiger partial charge in [0.1, 0.15) is 6.54 Å². The van der Waals surface area contributed by atoms with E-state index in [0.29, 0.717) is 5.69 Å². The highest BCUT2D eigenvalue weighted by molar-refractivity contribution is 5.91. The third kappa shape index (κ3) is 3.49. The quantitative estimate of drug-likeness (QED) is 0.789. The average molecular weight is 348 g/mol. The lowest BCUT2D eigenvalue weighted by Gasteiger charge is -2.13. The third-order valence-electron chi connectivity index (χ3n) is 3.37. The SMILES string of the molecule is O=C(Cn1c(=O)c(C(F)(F)F)nc2ccccc21)Nc1cccnc1. The first-order valence-electron chi connectivity index (χ1n) is 7.13. The van der Waals surface area contributed by atoms with E-state index in [9.17, 15) is 22.8 Å². The highest BCUT2D eigenvalue weighted by Gasteiger charge is 2.37. The number of halogens is 3. The minimum atomic E-state index is -4.91. The molecule has 0 fully saturated rings. The predicted octanol–water partition coefficient (Wildman–Crippen LogP) is 2.45. The molecule has 128 valence electrons. The lowest BCUT2D eigenvalue weighted by Crippen LogP contribution is -2.34. The van der Waals surface area contributed by atoms with Gasteiger partial charge >= 0.3 is 6.18 Å². The van der Waals surface area contributed by atoms with Crippen LogP contribution in [0.1, 0.15) is 5.69 Å². The predicted molar refractivity (Wildman–Crippen MR) is 83.9 cm³/mol. The Morgan fingerprint density at radius 3 is 2.60 bits per heavy atom. The Balaban J connectivity index is 2.04. The van der Waals surface area contributed by atoms with E-state index in [4.69, 9.17) is 0 Å².